The zero-order valence-corrected chi connectivity index (χ0v) is 27.4. The van der Waals surface area contributed by atoms with E-state index >= 15 is 0 Å². The molecule has 1 aliphatic heterocycles. The van der Waals surface area contributed by atoms with E-state index in [0.717, 1.165) is 81.2 Å². The number of nitrogens with zero attached hydrogens (tertiary/aromatic N) is 7. The minimum absolute atomic E-state index is 0.185. The molecule has 13 heteroatoms. The molecule has 5 heterocycles. The first-order chi connectivity index (χ1) is 22.2. The molecule has 5 atom stereocenters. The maximum absolute atomic E-state index is 13.8. The van der Waals surface area contributed by atoms with Gasteiger partial charge in [0.25, 0.3) is 0 Å². The molecule has 0 radical (unpaired) electrons. The smallest absolute Gasteiger partial charge is 0.330 e. The van der Waals surface area contributed by atoms with Crippen LogP contribution in [0.3, 0.4) is 0 Å². The third-order valence-corrected chi connectivity index (χ3v) is 12.2. The Morgan fingerprint density at radius 1 is 1.15 bits per heavy atom. The van der Waals surface area contributed by atoms with Crippen molar-refractivity contribution >= 4 is 27.5 Å². The standard InChI is InChI=1S/C33H40N8O4S/c1-17(20-10-7-15-39(20)2)44-31-25-30(41(32(43)40(25)3)21-9-4-11-22(21)42)36-29(37-31)26-18-8-5-13-33(27(18)38-45-26)14-6-12-23-24(33)19(16-34)28(35)46-23/h17,20-22,42H,4-15,35H2,1-3H3/t17-,20-,21-,22-,33-/m0/s1. The summed E-state index contributed by atoms with van der Waals surface area (Å²) in [5.41, 5.74) is 9.96. The number of rotatable bonds is 5. The minimum Gasteiger partial charge on any atom is -0.471 e. The van der Waals surface area contributed by atoms with Gasteiger partial charge in [-0.3, -0.25) is 14.0 Å². The number of aryl methyl sites for hydroxylation is 2. The van der Waals surface area contributed by atoms with Gasteiger partial charge in [0, 0.05) is 28.9 Å². The van der Waals surface area contributed by atoms with Crippen molar-refractivity contribution in [2.45, 2.75) is 107 Å². The zero-order chi connectivity index (χ0) is 31.9. The number of nitrogens with two attached hydrogens (primary N) is 1. The van der Waals surface area contributed by atoms with E-state index < -0.39 is 11.5 Å². The number of ether oxygens (including phenoxy) is 1. The van der Waals surface area contributed by atoms with Crippen LogP contribution in [0, 0.1) is 11.3 Å². The predicted molar refractivity (Wildman–Crippen MR) is 173 cm³/mol. The summed E-state index contributed by atoms with van der Waals surface area (Å²) in [7, 11) is 3.82. The number of aliphatic hydroxyl groups is 1. The van der Waals surface area contributed by atoms with E-state index in [1.165, 1.54) is 16.2 Å². The molecule has 8 rings (SSSR count). The molecular weight excluding hydrogens is 604 g/mol. The minimum atomic E-state index is -0.636. The summed E-state index contributed by atoms with van der Waals surface area (Å²) in [5.74, 6) is 1.11. The number of aromatic nitrogens is 5. The molecule has 1 saturated heterocycles. The number of thiophene rings is 1. The number of hydrogen-bond acceptors (Lipinski definition) is 11. The van der Waals surface area contributed by atoms with Gasteiger partial charge in [-0.05, 0) is 96.7 Å². The molecule has 4 aromatic rings. The van der Waals surface area contributed by atoms with Gasteiger partial charge < -0.3 is 20.1 Å². The van der Waals surface area contributed by atoms with Crippen LogP contribution in [0.4, 0.5) is 5.00 Å². The lowest BCUT2D eigenvalue weighted by molar-refractivity contribution is 0.118. The number of anilines is 1. The Balaban J connectivity index is 1.31. The van der Waals surface area contributed by atoms with Gasteiger partial charge in [-0.2, -0.15) is 10.2 Å². The molecule has 4 aliphatic rings. The Hall–Kier alpha value is -3.73. The fourth-order valence-corrected chi connectivity index (χ4v) is 10.1. The Bertz CT molecular complexity index is 1950. The SMILES string of the molecule is C[C@H](Oc1nc(-c2onc3c2CCC[C@@]32CCCc3sc(N)c(C#N)c32)nc2c1n(C)c(=O)n2[C@H]1CCC[C@@H]1O)[C@@H]1CCCN1C. The lowest BCUT2D eigenvalue weighted by Gasteiger charge is -2.39. The molecular formula is C33H40N8O4S. The van der Waals surface area contributed by atoms with Crippen molar-refractivity contribution in [2.24, 2.45) is 7.05 Å². The van der Waals surface area contributed by atoms with Gasteiger partial charge in [0.1, 0.15) is 17.2 Å². The highest BCUT2D eigenvalue weighted by Crippen LogP contribution is 2.54. The first-order valence-electron chi connectivity index (χ1n) is 16.6. The van der Waals surface area contributed by atoms with Crippen LogP contribution in [0.5, 0.6) is 5.88 Å². The quantitative estimate of drug-likeness (QED) is 0.322. The average Bonchev–Trinajstić information content (AvgIpc) is 3.86. The number of nitriles is 1. The number of likely N-dealkylation sites (N-methyl/N-ethyl adjacent to an activating group) is 1. The molecule has 0 unspecified atom stereocenters. The van der Waals surface area contributed by atoms with E-state index in [-0.39, 0.29) is 23.9 Å². The molecule has 0 aromatic carbocycles. The topological polar surface area (TPSA) is 161 Å². The Kier molecular flexibility index (Phi) is 7.04. The molecule has 2 fully saturated rings. The van der Waals surface area contributed by atoms with Crippen molar-refractivity contribution in [1.29, 1.82) is 5.26 Å². The second-order valence-electron chi connectivity index (χ2n) is 13.7. The summed E-state index contributed by atoms with van der Waals surface area (Å²) in [5, 5.41) is 26.3. The monoisotopic (exact) mass is 644 g/mol. The van der Waals surface area contributed by atoms with Crippen molar-refractivity contribution in [3.8, 4) is 23.5 Å². The Morgan fingerprint density at radius 3 is 2.67 bits per heavy atom. The maximum Gasteiger partial charge on any atom is 0.330 e. The van der Waals surface area contributed by atoms with Gasteiger partial charge in [0.2, 0.25) is 17.5 Å². The molecule has 242 valence electrons. The van der Waals surface area contributed by atoms with Crippen molar-refractivity contribution in [1.82, 2.24) is 29.2 Å². The summed E-state index contributed by atoms with van der Waals surface area (Å²) in [6, 6.07) is 2.22. The van der Waals surface area contributed by atoms with Crippen LogP contribution in [0.15, 0.2) is 9.32 Å². The van der Waals surface area contributed by atoms with Gasteiger partial charge in [0.15, 0.2) is 11.2 Å². The van der Waals surface area contributed by atoms with Gasteiger partial charge in [-0.25, -0.2) is 9.78 Å². The van der Waals surface area contributed by atoms with Gasteiger partial charge in [-0.15, -0.1) is 11.3 Å². The lowest BCUT2D eigenvalue weighted by atomic mass is 9.62. The summed E-state index contributed by atoms with van der Waals surface area (Å²) in [4.78, 5) is 27.2. The number of fused-ring (bicyclic) bond motifs is 5. The predicted octanol–water partition coefficient (Wildman–Crippen LogP) is 4.21. The van der Waals surface area contributed by atoms with Gasteiger partial charge in [0.05, 0.1) is 23.4 Å². The molecule has 0 bridgehead atoms. The molecule has 12 nitrogen and oxygen atoms in total. The summed E-state index contributed by atoms with van der Waals surface area (Å²) < 4.78 is 16.0. The van der Waals surface area contributed by atoms with Crippen molar-refractivity contribution < 1.29 is 14.4 Å². The number of hydrogen-bond donors (Lipinski definition) is 2. The van der Waals surface area contributed by atoms with E-state index in [0.29, 0.717) is 52.0 Å². The number of aliphatic hydroxyl groups excluding tert-OH is 1. The first-order valence-corrected chi connectivity index (χ1v) is 17.4. The lowest BCUT2D eigenvalue weighted by Crippen LogP contribution is -2.38. The summed E-state index contributed by atoms with van der Waals surface area (Å²) >= 11 is 1.52. The molecule has 0 amide bonds. The van der Waals surface area contributed by atoms with Crippen LogP contribution in [0.2, 0.25) is 0 Å². The van der Waals surface area contributed by atoms with E-state index in [2.05, 4.69) is 24.9 Å². The molecule has 1 saturated carbocycles. The van der Waals surface area contributed by atoms with E-state index in [4.69, 9.17) is 30.1 Å². The van der Waals surface area contributed by atoms with Crippen molar-refractivity contribution in [3.05, 3.63) is 37.7 Å². The molecule has 4 aromatic heterocycles. The van der Waals surface area contributed by atoms with Gasteiger partial charge in [-0.1, -0.05) is 5.16 Å². The van der Waals surface area contributed by atoms with Crippen LogP contribution in [0.25, 0.3) is 22.7 Å². The third kappa shape index (κ3) is 4.22. The van der Waals surface area contributed by atoms with E-state index in [1.807, 2.05) is 0 Å². The highest BCUT2D eigenvalue weighted by atomic mass is 32.1. The fraction of sp³-hybridized carbons (Fsp3) is 0.606. The van der Waals surface area contributed by atoms with E-state index in [1.54, 1.807) is 16.2 Å². The molecule has 46 heavy (non-hydrogen) atoms. The largest absolute Gasteiger partial charge is 0.471 e. The second-order valence-corrected chi connectivity index (χ2v) is 14.8. The van der Waals surface area contributed by atoms with Crippen LogP contribution in [-0.4, -0.2) is 66.1 Å². The Labute approximate surface area is 270 Å². The van der Waals surface area contributed by atoms with Crippen molar-refractivity contribution in [3.63, 3.8) is 0 Å². The summed E-state index contributed by atoms with van der Waals surface area (Å²) in [6.07, 6.45) is 8.69. The first kappa shape index (κ1) is 29.7. The fourth-order valence-electron chi connectivity index (χ4n) is 8.95. The third-order valence-electron chi connectivity index (χ3n) is 11.2. The maximum atomic E-state index is 13.8. The van der Waals surface area contributed by atoms with Crippen molar-refractivity contribution in [2.75, 3.05) is 19.3 Å². The number of imidazole rings is 1. The van der Waals surface area contributed by atoms with Crippen LogP contribution in [-0.2, 0) is 25.3 Å². The molecule has 3 aliphatic carbocycles. The molecule has 1 spiro atoms. The number of nitrogen functional groups attached to an aromatic ring is 1. The Morgan fingerprint density at radius 2 is 1.96 bits per heavy atom. The van der Waals surface area contributed by atoms with Crippen LogP contribution < -0.4 is 16.2 Å². The highest BCUT2D eigenvalue weighted by Gasteiger charge is 2.48. The van der Waals surface area contributed by atoms with Gasteiger partial charge >= 0.3 is 5.69 Å². The highest BCUT2D eigenvalue weighted by molar-refractivity contribution is 7.16. The van der Waals surface area contributed by atoms with Crippen LogP contribution >= 0.6 is 11.3 Å². The second kappa shape index (κ2) is 10.9. The molecule has 3 N–H and O–H groups in total. The zero-order valence-electron chi connectivity index (χ0n) is 26.6. The summed E-state index contributed by atoms with van der Waals surface area (Å²) in [6.45, 7) is 3.06. The normalized spacial score (nSPS) is 26.8. The number of likely N-dealkylation sites (tertiary alicyclic amines) is 1. The average molecular weight is 645 g/mol. The van der Waals surface area contributed by atoms with E-state index in [9.17, 15) is 15.2 Å². The van der Waals surface area contributed by atoms with Crippen LogP contribution in [0.1, 0.15) is 98.0 Å².